The van der Waals surface area contributed by atoms with Gasteiger partial charge in [0.25, 0.3) is 0 Å². The van der Waals surface area contributed by atoms with Gasteiger partial charge in [-0.3, -0.25) is 4.21 Å². The summed E-state index contributed by atoms with van der Waals surface area (Å²) in [4.78, 5) is 0.264. The van der Waals surface area contributed by atoms with Crippen molar-refractivity contribution < 1.29 is 8.76 Å². The molecule has 13 heavy (non-hydrogen) atoms. The summed E-state index contributed by atoms with van der Waals surface area (Å²) in [6, 6.07) is 4.80. The molecule has 2 rings (SSSR count). The first kappa shape index (κ1) is 8.28. The van der Waals surface area contributed by atoms with Gasteiger partial charge in [-0.25, -0.2) is 0 Å². The maximum absolute atomic E-state index is 10.6. The minimum atomic E-state index is -2.18. The van der Waals surface area contributed by atoms with Crippen molar-refractivity contribution in [3.63, 3.8) is 0 Å². The Labute approximate surface area is 76.9 Å². The van der Waals surface area contributed by atoms with Crippen LogP contribution >= 0.6 is 0 Å². The zero-order valence-electron chi connectivity index (χ0n) is 6.51. The van der Waals surface area contributed by atoms with Gasteiger partial charge in [0.2, 0.25) is 0 Å². The summed E-state index contributed by atoms with van der Waals surface area (Å²) in [6.07, 6.45) is 3.12. The fraction of sp³-hybridized carbons (Fsp3) is 0. The van der Waals surface area contributed by atoms with E-state index in [-0.39, 0.29) is 4.90 Å². The molecule has 0 aliphatic rings. The lowest BCUT2D eigenvalue weighted by Gasteiger charge is -2.05. The summed E-state index contributed by atoms with van der Waals surface area (Å²) in [6.45, 7) is 0. The minimum absolute atomic E-state index is 0.264. The molecule has 0 bridgehead atoms. The third-order valence-corrected chi connectivity index (χ3v) is 2.35. The van der Waals surface area contributed by atoms with E-state index in [1.807, 2.05) is 0 Å². The molecule has 0 saturated carbocycles. The van der Waals surface area contributed by atoms with Crippen LogP contribution in [-0.2, 0) is 11.1 Å². The third kappa shape index (κ3) is 1.56. The van der Waals surface area contributed by atoms with Crippen LogP contribution in [0.3, 0.4) is 0 Å². The third-order valence-electron chi connectivity index (χ3n) is 1.71. The maximum atomic E-state index is 10.6. The second-order valence-corrected chi connectivity index (χ2v) is 3.46. The molecule has 5 heteroatoms. The average Bonchev–Trinajstić information content (AvgIpc) is 2.17. The minimum Gasteiger partial charge on any atom is -0.768 e. The second kappa shape index (κ2) is 3.20. The quantitative estimate of drug-likeness (QED) is 0.630. The lowest BCUT2D eigenvalue weighted by Crippen LogP contribution is -1.89. The largest absolute Gasteiger partial charge is 0.768 e. The summed E-state index contributed by atoms with van der Waals surface area (Å²) in [7, 11) is 0. The molecule has 66 valence electrons. The van der Waals surface area contributed by atoms with E-state index in [1.54, 1.807) is 18.3 Å². The molecule has 2 aromatic rings. The van der Waals surface area contributed by atoms with Crippen LogP contribution in [0.2, 0.25) is 0 Å². The zero-order chi connectivity index (χ0) is 9.26. The van der Waals surface area contributed by atoms with Crippen molar-refractivity contribution in [2.45, 2.75) is 4.90 Å². The Hall–Kier alpha value is -1.33. The van der Waals surface area contributed by atoms with Crippen molar-refractivity contribution >= 4 is 21.9 Å². The monoisotopic (exact) mass is 193 g/mol. The van der Waals surface area contributed by atoms with Crippen LogP contribution in [0, 0.1) is 0 Å². The molecule has 4 nitrogen and oxygen atoms in total. The molecule has 1 atom stereocenters. The molecule has 0 N–H and O–H groups in total. The average molecular weight is 193 g/mol. The topological polar surface area (TPSA) is 65.9 Å². The highest BCUT2D eigenvalue weighted by Crippen LogP contribution is 2.14. The van der Waals surface area contributed by atoms with Crippen molar-refractivity contribution in [3.8, 4) is 0 Å². The zero-order valence-corrected chi connectivity index (χ0v) is 7.32. The van der Waals surface area contributed by atoms with Gasteiger partial charge in [-0.05, 0) is 23.2 Å². The van der Waals surface area contributed by atoms with E-state index >= 15 is 0 Å². The highest BCUT2D eigenvalue weighted by atomic mass is 32.2. The van der Waals surface area contributed by atoms with Crippen molar-refractivity contribution in [3.05, 3.63) is 30.6 Å². The first-order valence-corrected chi connectivity index (χ1v) is 4.64. The number of hydrogen-bond acceptors (Lipinski definition) is 4. The number of hydrogen-bond donors (Lipinski definition) is 0. The van der Waals surface area contributed by atoms with Gasteiger partial charge in [-0.2, -0.15) is 10.2 Å². The number of fused-ring (bicyclic) bond motifs is 1. The Bertz CT molecular complexity index is 472. The van der Waals surface area contributed by atoms with Crippen LogP contribution < -0.4 is 0 Å². The Kier molecular flexibility index (Phi) is 2.03. The molecule has 1 aromatic carbocycles. The predicted molar refractivity (Wildman–Crippen MR) is 46.7 cm³/mol. The number of nitrogens with zero attached hydrogens (tertiary/aromatic N) is 2. The molecule has 0 radical (unpaired) electrons. The molecule has 0 saturated heterocycles. The molecule has 0 amide bonds. The highest BCUT2D eigenvalue weighted by Gasteiger charge is 1.96. The molecule has 1 unspecified atom stereocenters. The summed E-state index contributed by atoms with van der Waals surface area (Å²) in [5, 5.41) is 9.00. The SMILES string of the molecule is O=S([O-])c1ccc2cnncc2c1. The molecule has 0 spiro atoms. The van der Waals surface area contributed by atoms with Gasteiger partial charge in [0.05, 0.1) is 12.4 Å². The Morgan fingerprint density at radius 1 is 1.15 bits per heavy atom. The molecular weight excluding hydrogens is 188 g/mol. The van der Waals surface area contributed by atoms with Crippen molar-refractivity contribution in [1.29, 1.82) is 0 Å². The standard InChI is InChI=1S/C8H6N2O2S/c11-13(12)8-2-1-6-4-9-10-5-7(6)3-8/h1-5H,(H,11,12)/p-1. The van der Waals surface area contributed by atoms with Crippen LogP contribution in [0.1, 0.15) is 0 Å². The lowest BCUT2D eigenvalue weighted by molar-refractivity contribution is 0.537. The number of rotatable bonds is 1. The van der Waals surface area contributed by atoms with Crippen LogP contribution in [0.4, 0.5) is 0 Å². The lowest BCUT2D eigenvalue weighted by atomic mass is 10.2. The Balaban J connectivity index is 2.69. The normalized spacial score (nSPS) is 13.0. The van der Waals surface area contributed by atoms with E-state index in [0.717, 1.165) is 10.8 Å². The van der Waals surface area contributed by atoms with E-state index < -0.39 is 11.1 Å². The molecule has 1 aromatic heterocycles. The van der Waals surface area contributed by atoms with Gasteiger partial charge in [0.15, 0.2) is 0 Å². The predicted octanol–water partition coefficient (Wildman–Crippen LogP) is 0.868. The van der Waals surface area contributed by atoms with Gasteiger partial charge in [-0.1, -0.05) is 6.07 Å². The molecule has 0 fully saturated rings. The van der Waals surface area contributed by atoms with Crippen LogP contribution in [0.5, 0.6) is 0 Å². The summed E-state index contributed by atoms with van der Waals surface area (Å²) in [5.74, 6) is 0. The van der Waals surface area contributed by atoms with E-state index in [0.29, 0.717) is 0 Å². The summed E-state index contributed by atoms with van der Waals surface area (Å²) >= 11 is -2.18. The van der Waals surface area contributed by atoms with Crippen molar-refractivity contribution in [1.82, 2.24) is 10.2 Å². The second-order valence-electron chi connectivity index (χ2n) is 2.51. The number of aromatic nitrogens is 2. The van der Waals surface area contributed by atoms with Crippen molar-refractivity contribution in [2.24, 2.45) is 0 Å². The van der Waals surface area contributed by atoms with Gasteiger partial charge >= 0.3 is 0 Å². The fourth-order valence-corrected chi connectivity index (χ4v) is 1.48. The highest BCUT2D eigenvalue weighted by molar-refractivity contribution is 7.79. The van der Waals surface area contributed by atoms with Gasteiger partial charge in [0.1, 0.15) is 0 Å². The first-order chi connectivity index (χ1) is 6.27. The van der Waals surface area contributed by atoms with Crippen LogP contribution in [0.25, 0.3) is 10.8 Å². The first-order valence-electron chi connectivity index (χ1n) is 3.57. The van der Waals surface area contributed by atoms with E-state index in [9.17, 15) is 8.76 Å². The molecule has 0 aliphatic carbocycles. The van der Waals surface area contributed by atoms with Crippen molar-refractivity contribution in [2.75, 3.05) is 0 Å². The van der Waals surface area contributed by atoms with Gasteiger partial charge < -0.3 is 4.55 Å². The molecular formula is C8H5N2O2S-. The van der Waals surface area contributed by atoms with E-state index in [4.69, 9.17) is 0 Å². The number of benzene rings is 1. The van der Waals surface area contributed by atoms with Crippen LogP contribution in [-0.4, -0.2) is 19.0 Å². The summed E-state index contributed by atoms with van der Waals surface area (Å²) < 4.78 is 21.2. The Morgan fingerprint density at radius 2 is 1.85 bits per heavy atom. The van der Waals surface area contributed by atoms with E-state index in [2.05, 4.69) is 10.2 Å². The molecule has 1 heterocycles. The van der Waals surface area contributed by atoms with Gasteiger partial charge in [0, 0.05) is 15.7 Å². The summed E-state index contributed by atoms with van der Waals surface area (Å²) in [5.41, 5.74) is 0. The van der Waals surface area contributed by atoms with Gasteiger partial charge in [-0.15, -0.1) is 0 Å². The Morgan fingerprint density at radius 3 is 2.54 bits per heavy atom. The maximum Gasteiger partial charge on any atom is 0.0575 e. The van der Waals surface area contributed by atoms with E-state index in [1.165, 1.54) is 12.3 Å². The molecule has 0 aliphatic heterocycles. The smallest absolute Gasteiger partial charge is 0.0575 e. The van der Waals surface area contributed by atoms with Crippen LogP contribution in [0.15, 0.2) is 35.5 Å². The fourth-order valence-electron chi connectivity index (χ4n) is 1.08.